The van der Waals surface area contributed by atoms with Crippen molar-refractivity contribution in [3.8, 4) is 0 Å². The Hall–Kier alpha value is -1.32. The third-order valence-corrected chi connectivity index (χ3v) is 2.85. The van der Waals surface area contributed by atoms with Gasteiger partial charge in [0.15, 0.2) is 0 Å². The van der Waals surface area contributed by atoms with Crippen molar-refractivity contribution in [3.05, 3.63) is 36.1 Å². The molecule has 0 aliphatic carbocycles. The van der Waals surface area contributed by atoms with Crippen LogP contribution in [0.5, 0.6) is 0 Å². The van der Waals surface area contributed by atoms with Crippen molar-refractivity contribution >= 4 is 11.0 Å². The molecule has 0 saturated heterocycles. The Bertz CT molecular complexity index is 482. The van der Waals surface area contributed by atoms with Crippen LogP contribution in [0.25, 0.3) is 11.0 Å². The van der Waals surface area contributed by atoms with Gasteiger partial charge in [0.1, 0.15) is 5.58 Å². The van der Waals surface area contributed by atoms with Gasteiger partial charge in [0.2, 0.25) is 0 Å². The molecule has 3 nitrogen and oxygen atoms in total. The first-order valence-corrected chi connectivity index (χ1v) is 5.46. The lowest BCUT2D eigenvalue weighted by Crippen LogP contribution is -2.45. The molecule has 2 aromatic rings. The zero-order valence-electron chi connectivity index (χ0n) is 9.95. The minimum absolute atomic E-state index is 0.0798. The first kappa shape index (κ1) is 11.2. The van der Waals surface area contributed by atoms with E-state index in [4.69, 9.17) is 10.2 Å². The Balaban J connectivity index is 2.54. The minimum Gasteiger partial charge on any atom is -0.464 e. The number of furan rings is 1. The van der Waals surface area contributed by atoms with Crippen molar-refractivity contribution < 1.29 is 4.42 Å². The maximum atomic E-state index is 6.17. The average Bonchev–Trinajstić information content (AvgIpc) is 2.61. The molecule has 16 heavy (non-hydrogen) atoms. The van der Waals surface area contributed by atoms with Gasteiger partial charge in [-0.1, -0.05) is 18.2 Å². The molecule has 86 valence electrons. The van der Waals surface area contributed by atoms with E-state index in [1.807, 2.05) is 39.1 Å². The van der Waals surface area contributed by atoms with Crippen molar-refractivity contribution in [2.24, 2.45) is 5.73 Å². The van der Waals surface area contributed by atoms with Crippen molar-refractivity contribution in [1.29, 1.82) is 0 Å². The molecule has 2 rings (SSSR count). The van der Waals surface area contributed by atoms with E-state index in [0.29, 0.717) is 0 Å². The predicted octanol–water partition coefficient (Wildman–Crippen LogP) is 2.43. The number of likely N-dealkylation sites (N-methyl/N-ethyl adjacent to an activating group) is 1. The summed E-state index contributed by atoms with van der Waals surface area (Å²) < 4.78 is 5.53. The molecule has 0 saturated carbocycles. The number of nitrogens with one attached hydrogen (secondary N) is 1. The van der Waals surface area contributed by atoms with Gasteiger partial charge >= 0.3 is 0 Å². The second-order valence-corrected chi connectivity index (χ2v) is 4.73. The van der Waals surface area contributed by atoms with E-state index >= 15 is 0 Å². The molecule has 1 aromatic carbocycles. The molecule has 0 aliphatic heterocycles. The molecule has 3 heteroatoms. The summed E-state index contributed by atoms with van der Waals surface area (Å²) >= 11 is 0. The van der Waals surface area contributed by atoms with Gasteiger partial charge in [0.05, 0.1) is 12.3 Å². The summed E-state index contributed by atoms with van der Waals surface area (Å²) in [6, 6.07) is 8.09. The number of fused-ring (bicyclic) bond motifs is 1. The van der Waals surface area contributed by atoms with E-state index in [0.717, 1.165) is 16.5 Å². The first-order valence-electron chi connectivity index (χ1n) is 5.46. The molecule has 0 spiro atoms. The lowest BCUT2D eigenvalue weighted by molar-refractivity contribution is 0.369. The molecule has 1 heterocycles. The van der Waals surface area contributed by atoms with Crippen molar-refractivity contribution in [2.75, 3.05) is 7.05 Å². The number of nitrogens with two attached hydrogens (primary N) is 1. The third-order valence-electron chi connectivity index (χ3n) is 2.85. The summed E-state index contributed by atoms with van der Waals surface area (Å²) in [5.74, 6) is 0. The van der Waals surface area contributed by atoms with Crippen LogP contribution >= 0.6 is 0 Å². The Labute approximate surface area is 95.6 Å². The predicted molar refractivity (Wildman–Crippen MR) is 66.3 cm³/mol. The van der Waals surface area contributed by atoms with Crippen molar-refractivity contribution in [3.63, 3.8) is 0 Å². The Morgan fingerprint density at radius 3 is 2.62 bits per heavy atom. The van der Waals surface area contributed by atoms with E-state index in [1.54, 1.807) is 6.26 Å². The van der Waals surface area contributed by atoms with Crippen LogP contribution in [-0.4, -0.2) is 12.6 Å². The molecule has 1 aromatic heterocycles. The number of benzene rings is 1. The highest BCUT2D eigenvalue weighted by atomic mass is 16.3. The number of rotatable bonds is 3. The van der Waals surface area contributed by atoms with Crippen LogP contribution in [0.4, 0.5) is 0 Å². The third kappa shape index (κ3) is 1.84. The molecular formula is C13H18N2O. The second kappa shape index (κ2) is 3.92. The number of hydrogen-bond acceptors (Lipinski definition) is 3. The maximum absolute atomic E-state index is 6.17. The second-order valence-electron chi connectivity index (χ2n) is 4.73. The van der Waals surface area contributed by atoms with Gasteiger partial charge in [-0.2, -0.15) is 0 Å². The quantitative estimate of drug-likeness (QED) is 0.832. The fourth-order valence-electron chi connectivity index (χ4n) is 2.15. The van der Waals surface area contributed by atoms with E-state index in [-0.39, 0.29) is 11.6 Å². The lowest BCUT2D eigenvalue weighted by atomic mass is 9.89. The molecule has 0 radical (unpaired) electrons. The highest BCUT2D eigenvalue weighted by Gasteiger charge is 2.27. The Morgan fingerprint density at radius 2 is 2.00 bits per heavy atom. The van der Waals surface area contributed by atoms with Gasteiger partial charge in [-0.15, -0.1) is 0 Å². The normalized spacial score (nSPS) is 14.2. The summed E-state index contributed by atoms with van der Waals surface area (Å²) in [4.78, 5) is 0. The monoisotopic (exact) mass is 218 g/mol. The largest absolute Gasteiger partial charge is 0.464 e. The minimum atomic E-state index is -0.332. The van der Waals surface area contributed by atoms with Crippen LogP contribution in [0, 0.1) is 0 Å². The topological polar surface area (TPSA) is 51.2 Å². The van der Waals surface area contributed by atoms with Crippen LogP contribution in [0.2, 0.25) is 0 Å². The Morgan fingerprint density at radius 1 is 1.31 bits per heavy atom. The van der Waals surface area contributed by atoms with Gasteiger partial charge < -0.3 is 15.5 Å². The molecule has 1 atom stereocenters. The SMILES string of the molecule is CNC(c1coc2ccccc12)C(C)(C)N. The molecule has 0 bridgehead atoms. The van der Waals surface area contributed by atoms with Gasteiger partial charge in [0.25, 0.3) is 0 Å². The van der Waals surface area contributed by atoms with Gasteiger partial charge in [-0.25, -0.2) is 0 Å². The summed E-state index contributed by atoms with van der Waals surface area (Å²) in [6.07, 6.45) is 1.79. The summed E-state index contributed by atoms with van der Waals surface area (Å²) in [5.41, 5.74) is 7.86. The zero-order chi connectivity index (χ0) is 11.8. The van der Waals surface area contributed by atoms with Crippen molar-refractivity contribution in [1.82, 2.24) is 5.32 Å². The van der Waals surface area contributed by atoms with E-state index in [9.17, 15) is 0 Å². The zero-order valence-corrected chi connectivity index (χ0v) is 9.95. The van der Waals surface area contributed by atoms with Crippen LogP contribution < -0.4 is 11.1 Å². The van der Waals surface area contributed by atoms with Gasteiger partial charge in [-0.05, 0) is 27.0 Å². The fraction of sp³-hybridized carbons (Fsp3) is 0.385. The van der Waals surface area contributed by atoms with Crippen LogP contribution in [0.15, 0.2) is 34.9 Å². The molecule has 0 aliphatic rings. The van der Waals surface area contributed by atoms with E-state index in [1.165, 1.54) is 0 Å². The summed E-state index contributed by atoms with van der Waals surface area (Å²) in [5, 5.41) is 4.38. The standard InChI is InChI=1S/C13H18N2O/c1-13(2,14)12(15-3)10-8-16-11-7-5-4-6-9(10)11/h4-8,12,15H,14H2,1-3H3. The summed E-state index contributed by atoms with van der Waals surface area (Å²) in [7, 11) is 1.92. The highest BCUT2D eigenvalue weighted by Crippen LogP contribution is 2.31. The van der Waals surface area contributed by atoms with Crippen LogP contribution in [0.1, 0.15) is 25.5 Å². The van der Waals surface area contributed by atoms with Gasteiger partial charge in [0, 0.05) is 16.5 Å². The molecule has 0 fully saturated rings. The number of para-hydroxylation sites is 1. The van der Waals surface area contributed by atoms with Crippen molar-refractivity contribution in [2.45, 2.75) is 25.4 Å². The molecule has 1 unspecified atom stereocenters. The van der Waals surface area contributed by atoms with E-state index < -0.39 is 0 Å². The summed E-state index contributed by atoms with van der Waals surface area (Å²) in [6.45, 7) is 4.02. The average molecular weight is 218 g/mol. The Kier molecular flexibility index (Phi) is 2.74. The number of hydrogen-bond donors (Lipinski definition) is 2. The van der Waals surface area contributed by atoms with Gasteiger partial charge in [-0.3, -0.25) is 0 Å². The lowest BCUT2D eigenvalue weighted by Gasteiger charge is -2.29. The molecule has 3 N–H and O–H groups in total. The first-order chi connectivity index (χ1) is 7.54. The molecular weight excluding hydrogens is 200 g/mol. The smallest absolute Gasteiger partial charge is 0.134 e. The maximum Gasteiger partial charge on any atom is 0.134 e. The fourth-order valence-corrected chi connectivity index (χ4v) is 2.15. The highest BCUT2D eigenvalue weighted by molar-refractivity contribution is 5.81. The van der Waals surface area contributed by atoms with E-state index in [2.05, 4.69) is 11.4 Å². The van der Waals surface area contributed by atoms with Crippen LogP contribution in [0.3, 0.4) is 0 Å². The molecule has 0 amide bonds. The van der Waals surface area contributed by atoms with Crippen LogP contribution in [-0.2, 0) is 0 Å².